The first-order valence-corrected chi connectivity index (χ1v) is 5.64. The van der Waals surface area contributed by atoms with Crippen LogP contribution in [0, 0.1) is 0 Å². The van der Waals surface area contributed by atoms with Crippen molar-refractivity contribution >= 4 is 28.9 Å². The summed E-state index contributed by atoms with van der Waals surface area (Å²) >= 11 is 1.10. The molecule has 0 saturated heterocycles. The van der Waals surface area contributed by atoms with Crippen molar-refractivity contribution in [1.82, 2.24) is 4.90 Å². The number of hydrogen-bond donors (Lipinski definition) is 2. The molecule has 0 unspecified atom stereocenters. The number of thiophene rings is 1. The molecule has 1 aromatic rings. The van der Waals surface area contributed by atoms with Crippen LogP contribution in [-0.4, -0.2) is 42.5 Å². The highest BCUT2D eigenvalue weighted by atomic mass is 32.1. The monoisotopic (exact) mass is 242 g/mol. The fourth-order valence-corrected chi connectivity index (χ4v) is 1.80. The number of aromatic carboxylic acids is 1. The number of carboxylic acid groups (broad SMARTS) is 1. The topological polar surface area (TPSA) is 69.6 Å². The number of anilines is 1. The number of carboxylic acids is 1. The van der Waals surface area contributed by atoms with Gasteiger partial charge in [0.25, 0.3) is 0 Å². The summed E-state index contributed by atoms with van der Waals surface area (Å²) in [5.74, 6) is -1.19. The molecule has 1 heterocycles. The standard InChI is InChI=1S/C10H14N2O3S/c1-12(2)5-3-8(13)11-7-4-6-16-9(7)10(14)15/h4,6H,3,5H2,1-2H3,(H,11,13)(H,14,15). The van der Waals surface area contributed by atoms with Crippen LogP contribution in [0.4, 0.5) is 5.69 Å². The van der Waals surface area contributed by atoms with Gasteiger partial charge in [-0.2, -0.15) is 0 Å². The Labute approximate surface area is 97.7 Å². The molecule has 0 aliphatic heterocycles. The number of carbonyl (C=O) groups is 2. The van der Waals surface area contributed by atoms with Crippen molar-refractivity contribution in [1.29, 1.82) is 0 Å². The molecule has 6 heteroatoms. The molecule has 0 aliphatic carbocycles. The van der Waals surface area contributed by atoms with E-state index in [-0.39, 0.29) is 10.8 Å². The zero-order chi connectivity index (χ0) is 12.1. The Morgan fingerprint density at radius 3 is 2.75 bits per heavy atom. The van der Waals surface area contributed by atoms with Crippen LogP contribution in [0.1, 0.15) is 16.1 Å². The summed E-state index contributed by atoms with van der Waals surface area (Å²) in [7, 11) is 3.75. The quantitative estimate of drug-likeness (QED) is 0.817. The molecular weight excluding hydrogens is 228 g/mol. The van der Waals surface area contributed by atoms with Gasteiger partial charge in [0.05, 0.1) is 5.69 Å². The van der Waals surface area contributed by atoms with E-state index in [1.165, 1.54) is 0 Å². The van der Waals surface area contributed by atoms with E-state index < -0.39 is 5.97 Å². The van der Waals surface area contributed by atoms with Crippen LogP contribution < -0.4 is 5.32 Å². The van der Waals surface area contributed by atoms with Crippen molar-refractivity contribution < 1.29 is 14.7 Å². The van der Waals surface area contributed by atoms with Gasteiger partial charge in [-0.3, -0.25) is 4.79 Å². The lowest BCUT2D eigenvalue weighted by Crippen LogP contribution is -2.21. The molecule has 0 saturated carbocycles. The maximum atomic E-state index is 11.5. The highest BCUT2D eigenvalue weighted by molar-refractivity contribution is 7.12. The van der Waals surface area contributed by atoms with Gasteiger partial charge < -0.3 is 15.3 Å². The van der Waals surface area contributed by atoms with Gasteiger partial charge in [-0.1, -0.05) is 0 Å². The second-order valence-electron chi connectivity index (χ2n) is 3.57. The molecular formula is C10H14N2O3S. The van der Waals surface area contributed by atoms with Crippen molar-refractivity contribution in [2.45, 2.75) is 6.42 Å². The van der Waals surface area contributed by atoms with Crippen LogP contribution in [0.15, 0.2) is 11.4 Å². The first-order valence-electron chi connectivity index (χ1n) is 4.76. The predicted octanol–water partition coefficient (Wildman–Crippen LogP) is 1.34. The van der Waals surface area contributed by atoms with Gasteiger partial charge in [0.1, 0.15) is 4.88 Å². The van der Waals surface area contributed by atoms with E-state index in [1.54, 1.807) is 11.4 Å². The molecule has 2 N–H and O–H groups in total. The number of nitrogens with one attached hydrogen (secondary N) is 1. The molecule has 16 heavy (non-hydrogen) atoms. The summed E-state index contributed by atoms with van der Waals surface area (Å²) in [5.41, 5.74) is 0.376. The van der Waals surface area contributed by atoms with Crippen LogP contribution in [0.25, 0.3) is 0 Å². The molecule has 1 aromatic heterocycles. The van der Waals surface area contributed by atoms with Gasteiger partial charge in [-0.25, -0.2) is 4.79 Å². The Hall–Kier alpha value is -1.40. The Kier molecular flexibility index (Phi) is 4.45. The number of rotatable bonds is 5. The molecule has 88 valence electrons. The predicted molar refractivity (Wildman–Crippen MR) is 63.1 cm³/mol. The lowest BCUT2D eigenvalue weighted by atomic mass is 10.3. The zero-order valence-electron chi connectivity index (χ0n) is 9.19. The molecule has 0 fully saturated rings. The fraction of sp³-hybridized carbons (Fsp3) is 0.400. The van der Waals surface area contributed by atoms with Gasteiger partial charge in [0.15, 0.2) is 0 Å². The maximum Gasteiger partial charge on any atom is 0.348 e. The first-order chi connectivity index (χ1) is 7.50. The minimum absolute atomic E-state index is 0.165. The van der Waals surface area contributed by atoms with E-state index in [4.69, 9.17) is 5.11 Å². The summed E-state index contributed by atoms with van der Waals surface area (Å²) in [6.07, 6.45) is 0.349. The molecule has 0 radical (unpaired) electrons. The molecule has 0 spiro atoms. The van der Waals surface area contributed by atoms with Crippen LogP contribution >= 0.6 is 11.3 Å². The third-order valence-electron chi connectivity index (χ3n) is 1.92. The summed E-state index contributed by atoms with van der Waals surface area (Å²) in [4.78, 5) is 24.3. The number of amides is 1. The third kappa shape index (κ3) is 3.63. The van der Waals surface area contributed by atoms with Crippen molar-refractivity contribution in [3.8, 4) is 0 Å². The number of hydrogen-bond acceptors (Lipinski definition) is 4. The Bertz CT molecular complexity index is 387. The van der Waals surface area contributed by atoms with Crippen molar-refractivity contribution in [2.24, 2.45) is 0 Å². The average molecular weight is 242 g/mol. The largest absolute Gasteiger partial charge is 0.477 e. The van der Waals surface area contributed by atoms with Crippen LogP contribution in [0.2, 0.25) is 0 Å². The van der Waals surface area contributed by atoms with Gasteiger partial charge in [0, 0.05) is 13.0 Å². The SMILES string of the molecule is CN(C)CCC(=O)Nc1ccsc1C(=O)O. The summed E-state index contributed by atoms with van der Waals surface area (Å²) in [6.45, 7) is 0.637. The Balaban J connectivity index is 2.56. The second-order valence-corrected chi connectivity index (χ2v) is 4.49. The minimum Gasteiger partial charge on any atom is -0.477 e. The second kappa shape index (κ2) is 5.62. The Morgan fingerprint density at radius 1 is 1.50 bits per heavy atom. The van der Waals surface area contributed by atoms with Crippen LogP contribution in [0.5, 0.6) is 0 Å². The van der Waals surface area contributed by atoms with Crippen molar-refractivity contribution in [3.63, 3.8) is 0 Å². The fourth-order valence-electron chi connectivity index (χ4n) is 1.11. The van der Waals surface area contributed by atoms with E-state index in [0.717, 1.165) is 11.3 Å². The van der Waals surface area contributed by atoms with Crippen molar-refractivity contribution in [2.75, 3.05) is 26.0 Å². The Morgan fingerprint density at radius 2 is 2.19 bits per heavy atom. The number of nitrogens with zero attached hydrogens (tertiary/aromatic N) is 1. The maximum absolute atomic E-state index is 11.5. The summed E-state index contributed by atoms with van der Waals surface area (Å²) in [5, 5.41) is 13.1. The van der Waals surface area contributed by atoms with E-state index in [2.05, 4.69) is 5.32 Å². The lowest BCUT2D eigenvalue weighted by Gasteiger charge is -2.09. The summed E-state index contributed by atoms with van der Waals surface area (Å²) < 4.78 is 0. The van der Waals surface area contributed by atoms with Crippen molar-refractivity contribution in [3.05, 3.63) is 16.3 Å². The van der Waals surface area contributed by atoms with Gasteiger partial charge in [-0.05, 0) is 25.5 Å². The third-order valence-corrected chi connectivity index (χ3v) is 2.82. The molecule has 0 atom stereocenters. The molecule has 1 rings (SSSR count). The molecule has 0 bridgehead atoms. The molecule has 5 nitrogen and oxygen atoms in total. The minimum atomic E-state index is -1.02. The smallest absolute Gasteiger partial charge is 0.348 e. The number of carbonyl (C=O) groups excluding carboxylic acids is 1. The van der Waals surface area contributed by atoms with Gasteiger partial charge in [-0.15, -0.1) is 11.3 Å². The van der Waals surface area contributed by atoms with Gasteiger partial charge in [0.2, 0.25) is 5.91 Å². The average Bonchev–Trinajstić information content (AvgIpc) is 2.62. The van der Waals surface area contributed by atoms with E-state index in [0.29, 0.717) is 18.7 Å². The van der Waals surface area contributed by atoms with Crippen LogP contribution in [0.3, 0.4) is 0 Å². The highest BCUT2D eigenvalue weighted by Gasteiger charge is 2.13. The van der Waals surface area contributed by atoms with Crippen LogP contribution in [-0.2, 0) is 4.79 Å². The first kappa shape index (κ1) is 12.7. The molecule has 0 aliphatic rings. The highest BCUT2D eigenvalue weighted by Crippen LogP contribution is 2.22. The molecule has 1 amide bonds. The summed E-state index contributed by atoms with van der Waals surface area (Å²) in [6, 6.07) is 1.60. The van der Waals surface area contributed by atoms with E-state index >= 15 is 0 Å². The lowest BCUT2D eigenvalue weighted by molar-refractivity contribution is -0.116. The zero-order valence-corrected chi connectivity index (χ0v) is 10.0. The van der Waals surface area contributed by atoms with Gasteiger partial charge >= 0.3 is 5.97 Å². The van der Waals surface area contributed by atoms with E-state index in [1.807, 2.05) is 19.0 Å². The van der Waals surface area contributed by atoms with E-state index in [9.17, 15) is 9.59 Å². The normalized spacial score (nSPS) is 10.4. The molecule has 0 aromatic carbocycles.